The Balaban J connectivity index is 1.87. The number of nitrogens with zero attached hydrogens (tertiary/aromatic N) is 1. The molecule has 19 heavy (non-hydrogen) atoms. The number of rotatable bonds is 4. The van der Waals surface area contributed by atoms with Crippen LogP contribution in [0.25, 0.3) is 0 Å². The van der Waals surface area contributed by atoms with Crippen LogP contribution in [0, 0.1) is 0 Å². The molecule has 1 saturated heterocycles. The maximum atomic E-state index is 12.1. The van der Waals surface area contributed by atoms with Crippen molar-refractivity contribution in [1.29, 1.82) is 0 Å². The van der Waals surface area contributed by atoms with E-state index in [2.05, 4.69) is 6.92 Å². The van der Waals surface area contributed by atoms with Crippen LogP contribution < -0.4 is 10.5 Å². The van der Waals surface area contributed by atoms with E-state index in [-0.39, 0.29) is 18.6 Å². The van der Waals surface area contributed by atoms with Crippen LogP contribution in [0.4, 0.5) is 5.69 Å². The van der Waals surface area contributed by atoms with Crippen molar-refractivity contribution < 1.29 is 14.3 Å². The topological polar surface area (TPSA) is 64.8 Å². The Morgan fingerprint density at radius 1 is 1.47 bits per heavy atom. The average molecular weight is 264 g/mol. The lowest BCUT2D eigenvalue weighted by molar-refractivity contribution is -0.142. The molecule has 1 aliphatic rings. The van der Waals surface area contributed by atoms with Gasteiger partial charge in [0.05, 0.1) is 19.3 Å². The molecule has 0 bridgehead atoms. The van der Waals surface area contributed by atoms with Gasteiger partial charge in [-0.05, 0) is 30.7 Å². The molecule has 1 aromatic rings. The van der Waals surface area contributed by atoms with Crippen molar-refractivity contribution in [3.63, 3.8) is 0 Å². The second kappa shape index (κ2) is 6.43. The second-order valence-corrected chi connectivity index (χ2v) is 4.58. The number of nitrogens with two attached hydrogens (primary N) is 1. The fraction of sp³-hybridized carbons (Fsp3) is 0.500. The van der Waals surface area contributed by atoms with Gasteiger partial charge in [-0.25, -0.2) is 0 Å². The number of carbonyl (C=O) groups is 1. The lowest BCUT2D eigenvalue weighted by Crippen LogP contribution is -2.49. The van der Waals surface area contributed by atoms with Crippen LogP contribution in [0.15, 0.2) is 24.3 Å². The first-order valence-corrected chi connectivity index (χ1v) is 6.56. The Hall–Kier alpha value is -1.75. The van der Waals surface area contributed by atoms with Gasteiger partial charge in [-0.1, -0.05) is 6.92 Å². The van der Waals surface area contributed by atoms with E-state index in [1.165, 1.54) is 0 Å². The van der Waals surface area contributed by atoms with Crippen molar-refractivity contribution in [2.45, 2.75) is 19.4 Å². The fourth-order valence-electron chi connectivity index (χ4n) is 2.11. The van der Waals surface area contributed by atoms with Crippen LogP contribution in [0.3, 0.4) is 0 Å². The summed E-state index contributed by atoms with van der Waals surface area (Å²) >= 11 is 0. The van der Waals surface area contributed by atoms with Crippen LogP contribution in [-0.4, -0.2) is 43.2 Å². The summed E-state index contributed by atoms with van der Waals surface area (Å²) in [5, 5.41) is 0. The minimum Gasteiger partial charge on any atom is -0.484 e. The van der Waals surface area contributed by atoms with Crippen LogP contribution in [-0.2, 0) is 9.53 Å². The summed E-state index contributed by atoms with van der Waals surface area (Å²) in [6.07, 6.45) is 0.896. The first-order chi connectivity index (χ1) is 9.20. The predicted octanol–water partition coefficient (Wildman–Crippen LogP) is 1.28. The van der Waals surface area contributed by atoms with Gasteiger partial charge in [-0.15, -0.1) is 0 Å². The zero-order chi connectivity index (χ0) is 13.7. The molecule has 2 N–H and O–H groups in total. The molecule has 1 atom stereocenters. The number of benzene rings is 1. The summed E-state index contributed by atoms with van der Waals surface area (Å²) in [7, 11) is 0. The standard InChI is InChI=1S/C14H20N2O3/c1-2-12-9-18-8-7-16(12)14(17)10-19-13-5-3-11(15)4-6-13/h3-6,12H,2,7-10,15H2,1H3. The average Bonchev–Trinajstić information content (AvgIpc) is 2.46. The van der Waals surface area contributed by atoms with Crippen molar-refractivity contribution in [1.82, 2.24) is 4.90 Å². The molecule has 0 aliphatic carbocycles. The Bertz CT molecular complexity index is 419. The van der Waals surface area contributed by atoms with Crippen molar-refractivity contribution in [3.8, 4) is 5.75 Å². The Morgan fingerprint density at radius 3 is 2.89 bits per heavy atom. The molecule has 1 heterocycles. The highest BCUT2D eigenvalue weighted by Crippen LogP contribution is 2.14. The largest absolute Gasteiger partial charge is 0.484 e. The summed E-state index contributed by atoms with van der Waals surface area (Å²) in [4.78, 5) is 14.0. The highest BCUT2D eigenvalue weighted by Gasteiger charge is 2.25. The van der Waals surface area contributed by atoms with E-state index in [1.807, 2.05) is 4.90 Å². The number of carbonyl (C=O) groups excluding carboxylic acids is 1. The van der Waals surface area contributed by atoms with Gasteiger partial charge in [0.15, 0.2) is 6.61 Å². The number of morpholine rings is 1. The zero-order valence-corrected chi connectivity index (χ0v) is 11.2. The van der Waals surface area contributed by atoms with Crippen molar-refractivity contribution in [2.75, 3.05) is 32.1 Å². The molecule has 0 aromatic heterocycles. The third-order valence-corrected chi connectivity index (χ3v) is 3.26. The van der Waals surface area contributed by atoms with Gasteiger partial charge in [0.2, 0.25) is 0 Å². The second-order valence-electron chi connectivity index (χ2n) is 4.58. The SMILES string of the molecule is CCC1COCCN1C(=O)COc1ccc(N)cc1. The van der Waals surface area contributed by atoms with Gasteiger partial charge >= 0.3 is 0 Å². The lowest BCUT2D eigenvalue weighted by Gasteiger charge is -2.35. The minimum atomic E-state index is 0.00646. The van der Waals surface area contributed by atoms with Crippen molar-refractivity contribution >= 4 is 11.6 Å². The van der Waals surface area contributed by atoms with Crippen LogP contribution in [0.1, 0.15) is 13.3 Å². The number of amides is 1. The molecule has 1 fully saturated rings. The Morgan fingerprint density at radius 2 is 2.21 bits per heavy atom. The molecule has 1 amide bonds. The number of hydrogen-bond acceptors (Lipinski definition) is 4. The maximum absolute atomic E-state index is 12.1. The molecule has 104 valence electrons. The molecule has 2 rings (SSSR count). The first-order valence-electron chi connectivity index (χ1n) is 6.56. The van der Waals surface area contributed by atoms with Gasteiger partial charge < -0.3 is 20.1 Å². The molecule has 5 nitrogen and oxygen atoms in total. The third-order valence-electron chi connectivity index (χ3n) is 3.26. The van der Waals surface area contributed by atoms with E-state index in [0.29, 0.717) is 31.2 Å². The summed E-state index contributed by atoms with van der Waals surface area (Å²) in [5.41, 5.74) is 6.27. The number of nitrogen functional groups attached to an aromatic ring is 1. The van der Waals surface area contributed by atoms with Gasteiger partial charge in [-0.3, -0.25) is 4.79 Å². The molecule has 0 saturated carbocycles. The van der Waals surface area contributed by atoms with Gasteiger partial charge in [-0.2, -0.15) is 0 Å². The minimum absolute atomic E-state index is 0.00646. The van der Waals surface area contributed by atoms with E-state index >= 15 is 0 Å². The Labute approximate surface area is 113 Å². The molecular weight excluding hydrogens is 244 g/mol. The summed E-state index contributed by atoms with van der Waals surface area (Å²) < 4.78 is 10.9. The Kier molecular flexibility index (Phi) is 4.63. The predicted molar refractivity (Wildman–Crippen MR) is 73.0 cm³/mol. The molecule has 1 aliphatic heterocycles. The lowest BCUT2D eigenvalue weighted by atomic mass is 10.2. The monoisotopic (exact) mass is 264 g/mol. The molecule has 5 heteroatoms. The highest BCUT2D eigenvalue weighted by molar-refractivity contribution is 5.78. The van der Waals surface area contributed by atoms with E-state index in [4.69, 9.17) is 15.2 Å². The third kappa shape index (κ3) is 3.61. The number of hydrogen-bond donors (Lipinski definition) is 1. The van der Waals surface area contributed by atoms with Gasteiger partial charge in [0.1, 0.15) is 5.75 Å². The summed E-state index contributed by atoms with van der Waals surface area (Å²) in [6, 6.07) is 7.20. The summed E-state index contributed by atoms with van der Waals surface area (Å²) in [5.74, 6) is 0.663. The van der Waals surface area contributed by atoms with Crippen molar-refractivity contribution in [2.24, 2.45) is 0 Å². The van der Waals surface area contributed by atoms with Crippen LogP contribution in [0.5, 0.6) is 5.75 Å². The van der Waals surface area contributed by atoms with E-state index in [0.717, 1.165) is 6.42 Å². The molecule has 1 aromatic carbocycles. The first kappa shape index (κ1) is 13.7. The molecular formula is C14H20N2O3. The van der Waals surface area contributed by atoms with Crippen LogP contribution in [0.2, 0.25) is 0 Å². The maximum Gasteiger partial charge on any atom is 0.260 e. The van der Waals surface area contributed by atoms with Gasteiger partial charge in [0, 0.05) is 12.2 Å². The normalized spacial score (nSPS) is 19.2. The van der Waals surface area contributed by atoms with E-state index in [9.17, 15) is 4.79 Å². The van der Waals surface area contributed by atoms with E-state index in [1.54, 1.807) is 24.3 Å². The smallest absolute Gasteiger partial charge is 0.260 e. The molecule has 1 unspecified atom stereocenters. The van der Waals surface area contributed by atoms with Gasteiger partial charge in [0.25, 0.3) is 5.91 Å². The van der Waals surface area contributed by atoms with Crippen LogP contribution >= 0.6 is 0 Å². The molecule has 0 radical (unpaired) electrons. The summed E-state index contributed by atoms with van der Waals surface area (Å²) in [6.45, 7) is 3.97. The zero-order valence-electron chi connectivity index (χ0n) is 11.2. The number of anilines is 1. The van der Waals surface area contributed by atoms with E-state index < -0.39 is 0 Å². The molecule has 0 spiro atoms. The number of ether oxygens (including phenoxy) is 2. The van der Waals surface area contributed by atoms with Crippen molar-refractivity contribution in [3.05, 3.63) is 24.3 Å². The fourth-order valence-corrected chi connectivity index (χ4v) is 2.11. The highest BCUT2D eigenvalue weighted by atomic mass is 16.5. The quantitative estimate of drug-likeness (QED) is 0.832.